The predicted molar refractivity (Wildman–Crippen MR) is 147 cm³/mol. The maximum atomic E-state index is 15.6. The molecular formula is C28H31FN4O7. The highest BCUT2D eigenvalue weighted by atomic mass is 19.1. The fourth-order valence-electron chi connectivity index (χ4n) is 3.52. The van der Waals surface area contributed by atoms with Gasteiger partial charge >= 0.3 is 12.1 Å². The van der Waals surface area contributed by atoms with Crippen molar-refractivity contribution in [1.29, 1.82) is 5.41 Å². The molecule has 0 aliphatic carbocycles. The van der Waals surface area contributed by atoms with Gasteiger partial charge in [0.1, 0.15) is 12.3 Å². The predicted octanol–water partition coefficient (Wildman–Crippen LogP) is 4.52. The van der Waals surface area contributed by atoms with Crippen LogP contribution in [-0.4, -0.2) is 49.4 Å². The lowest BCUT2D eigenvalue weighted by Gasteiger charge is -2.20. The minimum absolute atomic E-state index is 0.0253. The Morgan fingerprint density at radius 2 is 1.70 bits per heavy atom. The van der Waals surface area contributed by atoms with E-state index in [1.54, 1.807) is 68.4 Å². The summed E-state index contributed by atoms with van der Waals surface area (Å²) < 4.78 is 31.8. The number of hydrogen-bond donors (Lipinski definition) is 5. The largest absolute Gasteiger partial charge is 0.490 e. The summed E-state index contributed by atoms with van der Waals surface area (Å²) in [7, 11) is 0. The third-order valence-electron chi connectivity index (χ3n) is 5.24. The lowest BCUT2D eigenvalue weighted by Crippen LogP contribution is -2.29. The van der Waals surface area contributed by atoms with Crippen LogP contribution in [0.3, 0.4) is 0 Å². The van der Waals surface area contributed by atoms with Crippen molar-refractivity contribution in [3.63, 3.8) is 0 Å². The topological polar surface area (TPSA) is 151 Å². The Bertz CT molecular complexity index is 1300. The van der Waals surface area contributed by atoms with Crippen molar-refractivity contribution < 1.29 is 38.1 Å². The van der Waals surface area contributed by atoms with Crippen LogP contribution in [0.4, 0.5) is 26.2 Å². The van der Waals surface area contributed by atoms with Crippen LogP contribution in [0.25, 0.3) is 0 Å². The molecular weight excluding hydrogens is 523 g/mol. The lowest BCUT2D eigenvalue weighted by molar-refractivity contribution is -0.142. The van der Waals surface area contributed by atoms with E-state index < -0.39 is 17.9 Å². The van der Waals surface area contributed by atoms with Gasteiger partial charge in [-0.3, -0.25) is 15.5 Å². The van der Waals surface area contributed by atoms with Gasteiger partial charge in [-0.15, -0.1) is 0 Å². The maximum Gasteiger partial charge on any atom is 0.435 e. The Labute approximate surface area is 230 Å². The highest BCUT2D eigenvalue weighted by Crippen LogP contribution is 2.41. The van der Waals surface area contributed by atoms with Crippen LogP contribution in [0.15, 0.2) is 60.7 Å². The van der Waals surface area contributed by atoms with Crippen molar-refractivity contribution in [3.8, 4) is 11.5 Å². The average molecular weight is 555 g/mol. The van der Waals surface area contributed by atoms with E-state index in [1.807, 2.05) is 0 Å². The molecule has 3 aromatic carbocycles. The molecule has 5 N–H and O–H groups in total. The summed E-state index contributed by atoms with van der Waals surface area (Å²) >= 11 is 0. The lowest BCUT2D eigenvalue weighted by atomic mass is 10.1. The molecule has 40 heavy (non-hydrogen) atoms. The van der Waals surface area contributed by atoms with Crippen molar-refractivity contribution in [2.75, 3.05) is 37.1 Å². The normalized spacial score (nSPS) is 10.3. The van der Waals surface area contributed by atoms with Crippen LogP contribution >= 0.6 is 0 Å². The Balaban J connectivity index is 1.77. The molecule has 0 radical (unpaired) electrons. The number of aliphatic hydroxyl groups is 1. The van der Waals surface area contributed by atoms with Crippen LogP contribution in [-0.2, 0) is 20.8 Å². The molecule has 0 spiro atoms. The average Bonchev–Trinajstić information content (AvgIpc) is 2.95. The molecule has 0 aromatic heterocycles. The van der Waals surface area contributed by atoms with Gasteiger partial charge in [-0.05, 0) is 56.3 Å². The fraction of sp³-hybridized carbons (Fsp3) is 0.250. The van der Waals surface area contributed by atoms with E-state index in [2.05, 4.69) is 16.1 Å². The van der Waals surface area contributed by atoms with Gasteiger partial charge in [0.15, 0.2) is 23.2 Å². The van der Waals surface area contributed by atoms with Gasteiger partial charge in [-0.25, -0.2) is 9.18 Å². The number of nitrogens with one attached hydrogen (secondary N) is 4. The summed E-state index contributed by atoms with van der Waals surface area (Å²) in [5.41, 5.74) is 3.54. The van der Waals surface area contributed by atoms with Gasteiger partial charge in [-0.1, -0.05) is 18.2 Å². The van der Waals surface area contributed by atoms with Gasteiger partial charge in [-0.2, -0.15) is 5.48 Å². The zero-order valence-electron chi connectivity index (χ0n) is 22.1. The third kappa shape index (κ3) is 8.33. The number of halogens is 1. The van der Waals surface area contributed by atoms with Gasteiger partial charge in [0.2, 0.25) is 0 Å². The van der Waals surface area contributed by atoms with Crippen LogP contribution in [0.2, 0.25) is 0 Å². The molecule has 212 valence electrons. The summed E-state index contributed by atoms with van der Waals surface area (Å²) in [6.07, 6.45) is -1.12. The van der Waals surface area contributed by atoms with E-state index in [9.17, 15) is 14.7 Å². The molecule has 3 aromatic rings. The molecule has 0 heterocycles. The molecule has 0 fully saturated rings. The highest BCUT2D eigenvalue weighted by Gasteiger charge is 2.23. The summed E-state index contributed by atoms with van der Waals surface area (Å²) in [5.74, 6) is -1.33. The second-order valence-electron chi connectivity index (χ2n) is 8.10. The van der Waals surface area contributed by atoms with Crippen molar-refractivity contribution in [1.82, 2.24) is 5.48 Å². The number of ether oxygens (including phenoxy) is 3. The smallest absolute Gasteiger partial charge is 0.435 e. The SMILES string of the molecule is CCOC(=O)Cc1cc(OCC)c(OCCO)c(Nc2ccc(C(=N)NOC(=O)Nc3ccccc3)cc2)c1F. The van der Waals surface area contributed by atoms with Crippen LogP contribution < -0.4 is 25.6 Å². The number of benzene rings is 3. The van der Waals surface area contributed by atoms with E-state index in [1.165, 1.54) is 6.07 Å². The first-order valence-electron chi connectivity index (χ1n) is 12.5. The molecule has 0 saturated carbocycles. The van der Waals surface area contributed by atoms with Gasteiger partial charge < -0.3 is 29.5 Å². The minimum atomic E-state index is -0.798. The Morgan fingerprint density at radius 1 is 0.975 bits per heavy atom. The first-order valence-corrected chi connectivity index (χ1v) is 12.5. The summed E-state index contributed by atoms with van der Waals surface area (Å²) in [4.78, 5) is 28.9. The maximum absolute atomic E-state index is 15.6. The van der Waals surface area contributed by atoms with E-state index in [0.717, 1.165) is 0 Å². The molecule has 0 bridgehead atoms. The number of carbonyl (C=O) groups excluding carboxylic acids is 2. The molecule has 0 aliphatic rings. The zero-order valence-corrected chi connectivity index (χ0v) is 22.1. The number of para-hydroxylation sites is 1. The number of anilines is 3. The molecule has 0 saturated heterocycles. The van der Waals surface area contributed by atoms with Crippen LogP contribution in [0.1, 0.15) is 25.0 Å². The second-order valence-corrected chi connectivity index (χ2v) is 8.10. The molecule has 0 atom stereocenters. The number of esters is 1. The summed E-state index contributed by atoms with van der Waals surface area (Å²) in [6, 6.07) is 16.3. The second kappa shape index (κ2) is 14.9. The molecule has 11 nitrogen and oxygen atoms in total. The standard InChI is InChI=1S/C28H31FN4O7/c1-3-37-22-16-19(17-23(35)38-4-2)24(29)25(26(22)39-15-14-34)31-21-12-10-18(11-13-21)27(30)33-40-28(36)32-20-8-6-5-7-9-20/h5-13,16,31,34H,3-4,14-15,17H2,1-2H3,(H2,30,33)(H,32,36). The number of carbonyl (C=O) groups is 2. The molecule has 0 unspecified atom stereocenters. The van der Waals surface area contributed by atoms with E-state index in [-0.39, 0.29) is 61.4 Å². The third-order valence-corrected chi connectivity index (χ3v) is 5.24. The number of amides is 1. The number of amidine groups is 1. The molecule has 12 heteroatoms. The monoisotopic (exact) mass is 554 g/mol. The number of hydroxylamine groups is 1. The van der Waals surface area contributed by atoms with E-state index in [0.29, 0.717) is 16.9 Å². The van der Waals surface area contributed by atoms with Crippen molar-refractivity contribution in [3.05, 3.63) is 77.6 Å². The quantitative estimate of drug-likeness (QED) is 0.0942. The van der Waals surface area contributed by atoms with Crippen LogP contribution in [0, 0.1) is 11.2 Å². The van der Waals surface area contributed by atoms with Crippen molar-refractivity contribution in [2.45, 2.75) is 20.3 Å². The summed E-state index contributed by atoms with van der Waals surface area (Å²) in [5, 5.41) is 22.9. The number of aliphatic hydroxyl groups excluding tert-OH is 1. The van der Waals surface area contributed by atoms with E-state index >= 15 is 4.39 Å². The van der Waals surface area contributed by atoms with Crippen molar-refractivity contribution in [2.24, 2.45) is 0 Å². The van der Waals surface area contributed by atoms with E-state index in [4.69, 9.17) is 24.5 Å². The fourth-order valence-corrected chi connectivity index (χ4v) is 3.52. The van der Waals surface area contributed by atoms with Gasteiger partial charge in [0.25, 0.3) is 0 Å². The molecule has 3 rings (SSSR count). The Hall–Kier alpha value is -4.84. The number of hydrogen-bond acceptors (Lipinski definition) is 9. The first kappa shape index (κ1) is 29.7. The molecule has 0 aliphatic heterocycles. The first-order chi connectivity index (χ1) is 19.4. The summed E-state index contributed by atoms with van der Waals surface area (Å²) in [6.45, 7) is 3.36. The number of rotatable bonds is 12. The Kier molecular flexibility index (Phi) is 11.1. The minimum Gasteiger partial charge on any atom is -0.490 e. The van der Waals surface area contributed by atoms with Gasteiger partial charge in [0.05, 0.1) is 26.2 Å². The highest BCUT2D eigenvalue weighted by molar-refractivity contribution is 5.97. The van der Waals surface area contributed by atoms with Crippen LogP contribution in [0.5, 0.6) is 11.5 Å². The zero-order chi connectivity index (χ0) is 28.9. The Morgan fingerprint density at radius 3 is 2.35 bits per heavy atom. The molecule has 1 amide bonds. The van der Waals surface area contributed by atoms with Crippen molar-refractivity contribution >= 4 is 35.0 Å². The van der Waals surface area contributed by atoms with Gasteiger partial charge in [0, 0.05) is 22.5 Å².